The largest absolute Gasteiger partial charge is 0.381 e. The molecule has 0 unspecified atom stereocenters. The molecular weight excluding hydrogens is 220 g/mol. The van der Waals surface area contributed by atoms with Gasteiger partial charge in [-0.15, -0.1) is 11.3 Å². The zero-order valence-electron chi connectivity index (χ0n) is 10.1. The van der Waals surface area contributed by atoms with Gasteiger partial charge in [0.1, 0.15) is 0 Å². The Labute approximate surface area is 101 Å². The monoisotopic (exact) mass is 240 g/mol. The molecule has 1 aliphatic heterocycles. The summed E-state index contributed by atoms with van der Waals surface area (Å²) in [4.78, 5) is 5.68. The average molecular weight is 240 g/mol. The minimum absolute atomic E-state index is 0.275. The van der Waals surface area contributed by atoms with Gasteiger partial charge < -0.3 is 10.1 Å². The molecule has 1 aromatic rings. The molecule has 0 aliphatic carbocycles. The molecule has 0 atom stereocenters. The van der Waals surface area contributed by atoms with E-state index in [-0.39, 0.29) is 5.54 Å². The molecule has 2 rings (SSSR count). The number of hydrogen-bond donors (Lipinski definition) is 1. The molecule has 1 fully saturated rings. The van der Waals surface area contributed by atoms with Crippen LogP contribution in [-0.4, -0.2) is 30.3 Å². The topological polar surface area (TPSA) is 34.2 Å². The first-order valence-electron chi connectivity index (χ1n) is 5.91. The molecule has 2 heterocycles. The molecule has 90 valence electrons. The maximum atomic E-state index is 5.39. The number of rotatable bonds is 4. The van der Waals surface area contributed by atoms with Crippen molar-refractivity contribution in [1.82, 2.24) is 10.3 Å². The van der Waals surface area contributed by atoms with Crippen molar-refractivity contribution in [2.45, 2.75) is 38.6 Å². The van der Waals surface area contributed by atoms with Crippen molar-refractivity contribution >= 4 is 11.3 Å². The number of nitrogens with zero attached hydrogens (tertiary/aromatic N) is 1. The summed E-state index contributed by atoms with van der Waals surface area (Å²) in [7, 11) is 0. The average Bonchev–Trinajstić information content (AvgIpc) is 2.65. The maximum Gasteiger partial charge on any atom is 0.0797 e. The van der Waals surface area contributed by atoms with E-state index < -0.39 is 0 Å². The quantitative estimate of drug-likeness (QED) is 0.875. The van der Waals surface area contributed by atoms with Crippen molar-refractivity contribution in [3.05, 3.63) is 16.1 Å². The second kappa shape index (κ2) is 5.25. The molecule has 1 N–H and O–H groups in total. The highest BCUT2D eigenvalue weighted by atomic mass is 32.1. The summed E-state index contributed by atoms with van der Waals surface area (Å²) in [5, 5.41) is 3.66. The minimum Gasteiger partial charge on any atom is -0.381 e. The van der Waals surface area contributed by atoms with E-state index in [0.29, 0.717) is 0 Å². The SMILES string of the molecule is Cc1ncsc1CCNC1(C)CCOCC1. The predicted molar refractivity (Wildman–Crippen MR) is 67.0 cm³/mol. The van der Waals surface area contributed by atoms with Gasteiger partial charge >= 0.3 is 0 Å². The second-order valence-electron chi connectivity index (χ2n) is 4.71. The zero-order valence-corrected chi connectivity index (χ0v) is 10.9. The Morgan fingerprint density at radius 3 is 2.88 bits per heavy atom. The minimum atomic E-state index is 0.275. The van der Waals surface area contributed by atoms with Crippen LogP contribution in [0.5, 0.6) is 0 Å². The Balaban J connectivity index is 1.77. The van der Waals surface area contributed by atoms with Crippen LogP contribution in [0, 0.1) is 6.92 Å². The van der Waals surface area contributed by atoms with Gasteiger partial charge in [0.05, 0.1) is 11.2 Å². The van der Waals surface area contributed by atoms with Crippen molar-refractivity contribution in [3.63, 3.8) is 0 Å². The van der Waals surface area contributed by atoms with Gasteiger partial charge in [-0.2, -0.15) is 0 Å². The molecule has 0 radical (unpaired) electrons. The van der Waals surface area contributed by atoms with Crippen LogP contribution in [0.1, 0.15) is 30.3 Å². The molecule has 0 bridgehead atoms. The normalized spacial score (nSPS) is 19.9. The molecule has 1 aromatic heterocycles. The lowest BCUT2D eigenvalue weighted by Gasteiger charge is -2.34. The first kappa shape index (κ1) is 12.0. The van der Waals surface area contributed by atoms with E-state index in [4.69, 9.17) is 4.74 Å². The fourth-order valence-corrected chi connectivity index (χ4v) is 2.82. The number of aromatic nitrogens is 1. The van der Waals surface area contributed by atoms with Gasteiger partial charge in [-0.25, -0.2) is 4.98 Å². The third-order valence-electron chi connectivity index (χ3n) is 3.35. The maximum absolute atomic E-state index is 5.39. The summed E-state index contributed by atoms with van der Waals surface area (Å²) in [5.74, 6) is 0. The number of nitrogens with one attached hydrogen (secondary N) is 1. The highest BCUT2D eigenvalue weighted by Gasteiger charge is 2.26. The number of thiazole rings is 1. The first-order valence-corrected chi connectivity index (χ1v) is 6.79. The van der Waals surface area contributed by atoms with Gasteiger partial charge in [-0.3, -0.25) is 0 Å². The third kappa shape index (κ3) is 3.03. The van der Waals surface area contributed by atoms with Gasteiger partial charge in [0.2, 0.25) is 0 Å². The lowest BCUT2D eigenvalue weighted by Crippen LogP contribution is -2.47. The Hall–Kier alpha value is -0.450. The number of ether oxygens (including phenoxy) is 1. The first-order chi connectivity index (χ1) is 7.70. The molecule has 3 nitrogen and oxygen atoms in total. The molecule has 4 heteroatoms. The Kier molecular flexibility index (Phi) is 3.95. The van der Waals surface area contributed by atoms with Crippen molar-refractivity contribution < 1.29 is 4.74 Å². The van der Waals surface area contributed by atoms with Gasteiger partial charge in [0, 0.05) is 30.2 Å². The third-order valence-corrected chi connectivity index (χ3v) is 4.34. The van der Waals surface area contributed by atoms with E-state index >= 15 is 0 Å². The molecule has 1 saturated heterocycles. The van der Waals surface area contributed by atoms with Gasteiger partial charge in [-0.1, -0.05) is 0 Å². The number of hydrogen-bond acceptors (Lipinski definition) is 4. The van der Waals surface area contributed by atoms with Gasteiger partial charge in [0.15, 0.2) is 0 Å². The van der Waals surface area contributed by atoms with Gasteiger partial charge in [0.25, 0.3) is 0 Å². The summed E-state index contributed by atoms with van der Waals surface area (Å²) in [6.07, 6.45) is 3.33. The lowest BCUT2D eigenvalue weighted by molar-refractivity contribution is 0.0456. The molecule has 0 spiro atoms. The van der Waals surface area contributed by atoms with Crippen LogP contribution in [-0.2, 0) is 11.2 Å². The van der Waals surface area contributed by atoms with Crippen LogP contribution in [0.3, 0.4) is 0 Å². The van der Waals surface area contributed by atoms with E-state index in [9.17, 15) is 0 Å². The fraction of sp³-hybridized carbons (Fsp3) is 0.750. The van der Waals surface area contributed by atoms with Crippen LogP contribution in [0.25, 0.3) is 0 Å². The standard InChI is InChI=1S/C12H20N2OS/c1-10-11(16-9-13-10)3-6-14-12(2)4-7-15-8-5-12/h9,14H,3-8H2,1-2H3. The molecular formula is C12H20N2OS. The second-order valence-corrected chi connectivity index (χ2v) is 5.65. The summed E-state index contributed by atoms with van der Waals surface area (Å²) in [5.41, 5.74) is 3.39. The van der Waals surface area contributed by atoms with Crippen LogP contribution >= 0.6 is 11.3 Å². The van der Waals surface area contributed by atoms with Crippen LogP contribution in [0.15, 0.2) is 5.51 Å². The molecule has 0 amide bonds. The molecule has 16 heavy (non-hydrogen) atoms. The van der Waals surface area contributed by atoms with E-state index in [1.807, 2.05) is 5.51 Å². The highest BCUT2D eigenvalue weighted by molar-refractivity contribution is 7.09. The number of aryl methyl sites for hydroxylation is 1. The van der Waals surface area contributed by atoms with E-state index in [1.165, 1.54) is 10.6 Å². The van der Waals surface area contributed by atoms with Crippen molar-refractivity contribution in [2.24, 2.45) is 0 Å². The van der Waals surface area contributed by atoms with Crippen molar-refractivity contribution in [2.75, 3.05) is 19.8 Å². The van der Waals surface area contributed by atoms with Gasteiger partial charge in [-0.05, 0) is 33.1 Å². The van der Waals surface area contributed by atoms with Crippen LogP contribution in [0.4, 0.5) is 0 Å². The Morgan fingerprint density at radius 2 is 2.25 bits per heavy atom. The zero-order chi connectivity index (χ0) is 11.4. The highest BCUT2D eigenvalue weighted by Crippen LogP contribution is 2.20. The van der Waals surface area contributed by atoms with E-state index in [2.05, 4.69) is 24.1 Å². The summed E-state index contributed by atoms with van der Waals surface area (Å²) >= 11 is 1.76. The van der Waals surface area contributed by atoms with E-state index in [1.54, 1.807) is 11.3 Å². The Bertz CT molecular complexity index is 332. The molecule has 1 aliphatic rings. The molecule has 0 saturated carbocycles. The predicted octanol–water partition coefficient (Wildman–Crippen LogP) is 2.15. The summed E-state index contributed by atoms with van der Waals surface area (Å²) < 4.78 is 5.39. The van der Waals surface area contributed by atoms with Crippen molar-refractivity contribution in [3.8, 4) is 0 Å². The Morgan fingerprint density at radius 1 is 1.50 bits per heavy atom. The summed E-state index contributed by atoms with van der Waals surface area (Å²) in [6.45, 7) is 7.21. The fourth-order valence-electron chi connectivity index (χ4n) is 2.04. The van der Waals surface area contributed by atoms with Crippen LogP contribution < -0.4 is 5.32 Å². The molecule has 0 aromatic carbocycles. The lowest BCUT2D eigenvalue weighted by atomic mass is 9.92. The van der Waals surface area contributed by atoms with E-state index in [0.717, 1.165) is 39.0 Å². The smallest absolute Gasteiger partial charge is 0.0797 e. The summed E-state index contributed by atoms with van der Waals surface area (Å²) in [6, 6.07) is 0. The van der Waals surface area contributed by atoms with Crippen LogP contribution in [0.2, 0.25) is 0 Å². The van der Waals surface area contributed by atoms with Crippen molar-refractivity contribution in [1.29, 1.82) is 0 Å².